The van der Waals surface area contributed by atoms with Gasteiger partial charge >= 0.3 is 0 Å². The zero-order chi connectivity index (χ0) is 14.0. The lowest BCUT2D eigenvalue weighted by Gasteiger charge is -2.06. The van der Waals surface area contributed by atoms with Gasteiger partial charge in [0.25, 0.3) is 0 Å². The molecule has 2 N–H and O–H groups in total. The van der Waals surface area contributed by atoms with Crippen LogP contribution in [0.25, 0.3) is 0 Å². The fourth-order valence-electron chi connectivity index (χ4n) is 1.22. The van der Waals surface area contributed by atoms with E-state index in [9.17, 15) is 0 Å². The van der Waals surface area contributed by atoms with Crippen molar-refractivity contribution < 1.29 is 18.9 Å². The van der Waals surface area contributed by atoms with Crippen LogP contribution in [0.2, 0.25) is 0 Å². The molecule has 5 nitrogen and oxygen atoms in total. The Kier molecular flexibility index (Phi) is 17.1. The predicted molar refractivity (Wildman–Crippen MR) is 76.4 cm³/mol. The Labute approximate surface area is 117 Å². The van der Waals surface area contributed by atoms with Gasteiger partial charge in [0.05, 0.1) is 46.2 Å². The van der Waals surface area contributed by atoms with Gasteiger partial charge in [0, 0.05) is 13.2 Å². The zero-order valence-electron chi connectivity index (χ0n) is 12.1. The Bertz CT molecular complexity index is 188. The first kappa shape index (κ1) is 18.5. The van der Waals surface area contributed by atoms with Crippen molar-refractivity contribution in [1.82, 2.24) is 0 Å². The molecule has 0 bridgehead atoms. The van der Waals surface area contributed by atoms with Crippen molar-refractivity contribution in [2.24, 2.45) is 5.73 Å². The van der Waals surface area contributed by atoms with Crippen LogP contribution in [0.5, 0.6) is 0 Å². The Morgan fingerprint density at radius 1 is 0.737 bits per heavy atom. The molecule has 0 atom stereocenters. The van der Waals surface area contributed by atoms with Crippen molar-refractivity contribution in [1.29, 1.82) is 0 Å². The van der Waals surface area contributed by atoms with Crippen LogP contribution in [0.4, 0.5) is 0 Å². The van der Waals surface area contributed by atoms with E-state index >= 15 is 0 Å². The lowest BCUT2D eigenvalue weighted by molar-refractivity contribution is 0.000627. The van der Waals surface area contributed by atoms with E-state index < -0.39 is 0 Å². The maximum Gasteiger partial charge on any atom is 0.0704 e. The number of hydrogen-bond acceptors (Lipinski definition) is 5. The molecule has 0 unspecified atom stereocenters. The molecule has 0 spiro atoms. The summed E-state index contributed by atoms with van der Waals surface area (Å²) >= 11 is 0. The molecule has 0 aliphatic carbocycles. The van der Waals surface area contributed by atoms with Crippen LogP contribution in [0, 0.1) is 0 Å². The highest BCUT2D eigenvalue weighted by molar-refractivity contribution is 4.81. The van der Waals surface area contributed by atoms with Crippen LogP contribution in [0.3, 0.4) is 0 Å². The number of nitrogens with two attached hydrogens (primary N) is 1. The first-order valence-corrected chi connectivity index (χ1v) is 7.07. The number of ether oxygens (including phenoxy) is 4. The molecule has 0 aliphatic rings. The van der Waals surface area contributed by atoms with Crippen LogP contribution in [-0.2, 0) is 18.9 Å². The highest BCUT2D eigenvalue weighted by Gasteiger charge is 1.91. The lowest BCUT2D eigenvalue weighted by atomic mass is 10.4. The standard InChI is InChI=1S/C14H29NO4/c1-2-3-7-16-9-11-18-13-14-19-12-10-17-8-5-4-6-15/h4-5H,2-3,6-15H2,1H3/b5-4+. The lowest BCUT2D eigenvalue weighted by Crippen LogP contribution is -2.12. The largest absolute Gasteiger partial charge is 0.379 e. The SMILES string of the molecule is CCCCOCCOCCOCCOC/C=C/CN. The molecular formula is C14H29NO4. The molecule has 5 heteroatoms. The topological polar surface area (TPSA) is 62.9 Å². The van der Waals surface area contributed by atoms with Gasteiger partial charge in [-0.1, -0.05) is 25.5 Å². The van der Waals surface area contributed by atoms with Crippen molar-refractivity contribution in [3.8, 4) is 0 Å². The number of unbranched alkanes of at least 4 members (excludes halogenated alkanes) is 1. The molecule has 0 aromatic heterocycles. The number of rotatable bonds is 15. The maximum absolute atomic E-state index is 5.36. The Hall–Kier alpha value is -0.460. The normalized spacial score (nSPS) is 11.5. The third kappa shape index (κ3) is 17.5. The summed E-state index contributed by atoms with van der Waals surface area (Å²) in [6.45, 7) is 7.79. The fraction of sp³-hybridized carbons (Fsp3) is 0.857. The molecule has 0 heterocycles. The predicted octanol–water partition coefficient (Wildman–Crippen LogP) is 1.37. The summed E-state index contributed by atoms with van der Waals surface area (Å²) in [6.07, 6.45) is 6.06. The van der Waals surface area contributed by atoms with Gasteiger partial charge in [-0.05, 0) is 6.42 Å². The summed E-state index contributed by atoms with van der Waals surface area (Å²) in [4.78, 5) is 0. The quantitative estimate of drug-likeness (QED) is 0.361. The summed E-state index contributed by atoms with van der Waals surface area (Å²) in [6, 6.07) is 0. The van der Waals surface area contributed by atoms with E-state index in [1.54, 1.807) is 0 Å². The summed E-state index contributed by atoms with van der Waals surface area (Å²) in [5.74, 6) is 0. The molecule has 0 aromatic rings. The molecule has 0 aromatic carbocycles. The van der Waals surface area contributed by atoms with Crippen molar-refractivity contribution in [3.63, 3.8) is 0 Å². The third-order valence-corrected chi connectivity index (χ3v) is 2.28. The molecule has 0 fully saturated rings. The van der Waals surface area contributed by atoms with E-state index in [-0.39, 0.29) is 0 Å². The Morgan fingerprint density at radius 3 is 1.79 bits per heavy atom. The van der Waals surface area contributed by atoms with Crippen molar-refractivity contribution >= 4 is 0 Å². The summed E-state index contributed by atoms with van der Waals surface area (Å²) < 4.78 is 21.4. The minimum atomic E-state index is 0.555. The van der Waals surface area contributed by atoms with Gasteiger partial charge < -0.3 is 24.7 Å². The fourth-order valence-corrected chi connectivity index (χ4v) is 1.22. The van der Waals surface area contributed by atoms with Gasteiger partial charge in [0.15, 0.2) is 0 Å². The van der Waals surface area contributed by atoms with Gasteiger partial charge in [-0.3, -0.25) is 0 Å². The minimum Gasteiger partial charge on any atom is -0.379 e. The summed E-state index contributed by atoms with van der Waals surface area (Å²) in [7, 11) is 0. The molecule has 114 valence electrons. The van der Waals surface area contributed by atoms with E-state index in [1.807, 2.05) is 12.2 Å². The second-order valence-corrected chi connectivity index (χ2v) is 3.97. The van der Waals surface area contributed by atoms with E-state index in [0.29, 0.717) is 52.8 Å². The highest BCUT2D eigenvalue weighted by atomic mass is 16.6. The average Bonchev–Trinajstić information content (AvgIpc) is 2.43. The van der Waals surface area contributed by atoms with Crippen LogP contribution < -0.4 is 5.73 Å². The molecule has 0 saturated carbocycles. The summed E-state index contributed by atoms with van der Waals surface area (Å²) in [5, 5.41) is 0. The van der Waals surface area contributed by atoms with E-state index in [0.717, 1.165) is 13.0 Å². The van der Waals surface area contributed by atoms with E-state index in [4.69, 9.17) is 24.7 Å². The third-order valence-electron chi connectivity index (χ3n) is 2.28. The van der Waals surface area contributed by atoms with Gasteiger partial charge in [0.2, 0.25) is 0 Å². The second kappa shape index (κ2) is 17.5. The molecule has 0 amide bonds. The first-order valence-electron chi connectivity index (χ1n) is 7.07. The monoisotopic (exact) mass is 275 g/mol. The van der Waals surface area contributed by atoms with Crippen LogP contribution in [0.15, 0.2) is 12.2 Å². The van der Waals surface area contributed by atoms with Crippen LogP contribution in [0.1, 0.15) is 19.8 Å². The molecule has 0 rings (SSSR count). The second-order valence-electron chi connectivity index (χ2n) is 3.97. The first-order chi connectivity index (χ1) is 9.41. The Balaban J connectivity index is 2.93. The average molecular weight is 275 g/mol. The number of hydrogen-bond donors (Lipinski definition) is 1. The van der Waals surface area contributed by atoms with Crippen molar-refractivity contribution in [2.75, 3.05) is 59.4 Å². The van der Waals surface area contributed by atoms with Crippen molar-refractivity contribution in [3.05, 3.63) is 12.2 Å². The molecule has 0 aliphatic heterocycles. The highest BCUT2D eigenvalue weighted by Crippen LogP contribution is 1.88. The Morgan fingerprint density at radius 2 is 1.26 bits per heavy atom. The molecule has 19 heavy (non-hydrogen) atoms. The smallest absolute Gasteiger partial charge is 0.0704 e. The maximum atomic E-state index is 5.36. The summed E-state index contributed by atoms with van der Waals surface area (Å²) in [5.41, 5.74) is 5.29. The van der Waals surface area contributed by atoms with Gasteiger partial charge in [0.1, 0.15) is 0 Å². The van der Waals surface area contributed by atoms with E-state index in [1.165, 1.54) is 6.42 Å². The van der Waals surface area contributed by atoms with Crippen LogP contribution in [-0.4, -0.2) is 59.4 Å². The van der Waals surface area contributed by atoms with Gasteiger partial charge in [-0.2, -0.15) is 0 Å². The van der Waals surface area contributed by atoms with Crippen LogP contribution >= 0.6 is 0 Å². The molecule has 0 saturated heterocycles. The van der Waals surface area contributed by atoms with Gasteiger partial charge in [-0.15, -0.1) is 0 Å². The zero-order valence-corrected chi connectivity index (χ0v) is 12.1. The van der Waals surface area contributed by atoms with E-state index in [2.05, 4.69) is 6.92 Å². The molecule has 0 radical (unpaired) electrons. The van der Waals surface area contributed by atoms with Gasteiger partial charge in [-0.25, -0.2) is 0 Å². The van der Waals surface area contributed by atoms with Crippen molar-refractivity contribution in [2.45, 2.75) is 19.8 Å². The minimum absolute atomic E-state index is 0.555. The molecular weight excluding hydrogens is 246 g/mol.